The van der Waals surface area contributed by atoms with E-state index in [0.717, 1.165) is 21.3 Å². The van der Waals surface area contributed by atoms with Crippen molar-refractivity contribution < 1.29 is 76.0 Å². The topological polar surface area (TPSA) is 46.1 Å². The summed E-state index contributed by atoms with van der Waals surface area (Å²) in [5.74, 6) is -5.27. The van der Waals surface area contributed by atoms with Crippen molar-refractivity contribution in [2.75, 3.05) is 0 Å². The van der Waals surface area contributed by atoms with E-state index in [4.69, 9.17) is 5.11 Å². The molecule has 0 aliphatic carbocycles. The van der Waals surface area contributed by atoms with Crippen LogP contribution in [-0.2, 0) is 20.3 Å². The normalized spacial score (nSPS) is 11.2. The molecule has 1 N–H and O–H groups in total. The SMILES string of the molecule is C.Cn1c(C(F)(F)F)[n+](C)c2ccccc21.FB(F)F.O=Cc1ccc(F)c(F)c1.OC(c1ccc(F)c(F)c1)C(F)(F)F.[F-]. The van der Waals surface area contributed by atoms with E-state index in [0.29, 0.717) is 35.5 Å². The lowest BCUT2D eigenvalue weighted by Gasteiger charge is -2.14. The third kappa shape index (κ3) is 12.8. The van der Waals surface area contributed by atoms with Gasteiger partial charge in [0.05, 0.1) is 14.1 Å². The highest BCUT2D eigenvalue weighted by Crippen LogP contribution is 2.33. The predicted molar refractivity (Wildman–Crippen MR) is 134 cm³/mol. The molecule has 0 bridgehead atoms. The van der Waals surface area contributed by atoms with E-state index < -0.39 is 60.7 Å². The van der Waals surface area contributed by atoms with Crippen molar-refractivity contribution in [3.63, 3.8) is 0 Å². The van der Waals surface area contributed by atoms with Crippen molar-refractivity contribution in [1.29, 1.82) is 0 Å². The van der Waals surface area contributed by atoms with Gasteiger partial charge in [0.2, 0.25) is 0 Å². The van der Waals surface area contributed by atoms with Crippen LogP contribution in [0, 0.1) is 23.3 Å². The average molecular weight is 672 g/mol. The van der Waals surface area contributed by atoms with Crippen LogP contribution in [0.3, 0.4) is 0 Å². The van der Waals surface area contributed by atoms with Gasteiger partial charge < -0.3 is 9.81 Å². The van der Waals surface area contributed by atoms with Gasteiger partial charge in [-0.2, -0.15) is 26.3 Å². The number of imidazole rings is 1. The zero-order valence-corrected chi connectivity index (χ0v) is 22.0. The molecule has 19 heteroatoms. The highest BCUT2D eigenvalue weighted by molar-refractivity contribution is 6.33. The third-order valence-corrected chi connectivity index (χ3v) is 5.14. The highest BCUT2D eigenvalue weighted by atomic mass is 19.4. The second-order valence-electron chi connectivity index (χ2n) is 8.08. The van der Waals surface area contributed by atoms with Gasteiger partial charge in [-0.15, -0.1) is 0 Å². The second kappa shape index (κ2) is 18.0. The van der Waals surface area contributed by atoms with Gasteiger partial charge in [-0.1, -0.05) is 25.6 Å². The van der Waals surface area contributed by atoms with Gasteiger partial charge in [0.25, 0.3) is 0 Å². The van der Waals surface area contributed by atoms with Gasteiger partial charge in [-0.25, -0.2) is 26.7 Å². The van der Waals surface area contributed by atoms with Crippen LogP contribution >= 0.6 is 0 Å². The summed E-state index contributed by atoms with van der Waals surface area (Å²) in [6.45, 7) is 0. The summed E-state index contributed by atoms with van der Waals surface area (Å²) in [5, 5.41) is 8.66. The molecule has 1 heterocycles. The van der Waals surface area contributed by atoms with Crippen LogP contribution < -0.4 is 9.27 Å². The van der Waals surface area contributed by atoms with E-state index >= 15 is 0 Å². The molecular weight excluding hydrogens is 649 g/mol. The number of hydrogen-bond donors (Lipinski definition) is 1. The van der Waals surface area contributed by atoms with Crippen molar-refractivity contribution in [1.82, 2.24) is 4.57 Å². The smallest absolute Gasteiger partial charge is 0.762 e. The molecule has 3 aromatic carbocycles. The van der Waals surface area contributed by atoms with Gasteiger partial charge in [-0.05, 0) is 48.0 Å². The molecule has 0 fully saturated rings. The molecule has 45 heavy (non-hydrogen) atoms. The molecule has 1 aromatic heterocycles. The lowest BCUT2D eigenvalue weighted by atomic mass is 10.1. The molecule has 0 spiro atoms. The van der Waals surface area contributed by atoms with Crippen LogP contribution in [0.25, 0.3) is 11.0 Å². The summed E-state index contributed by atoms with van der Waals surface area (Å²) in [4.78, 5) is 9.98. The first-order valence-corrected chi connectivity index (χ1v) is 11.2. The van der Waals surface area contributed by atoms with Gasteiger partial charge in [0.15, 0.2) is 40.4 Å². The van der Waals surface area contributed by atoms with Crippen molar-refractivity contribution >= 4 is 24.9 Å². The number of carbonyl (C=O) groups excluding carboxylic acids is 1. The molecule has 0 aliphatic rings. The molecule has 250 valence electrons. The Bertz CT molecular complexity index is 1470. The van der Waals surface area contributed by atoms with Gasteiger partial charge in [0.1, 0.15) is 6.29 Å². The van der Waals surface area contributed by atoms with Crippen LogP contribution in [0.15, 0.2) is 60.7 Å². The number of rotatable bonds is 2. The Morgan fingerprint density at radius 1 is 0.822 bits per heavy atom. The number of hydrogen-bond acceptors (Lipinski definition) is 2. The summed E-state index contributed by atoms with van der Waals surface area (Å²) in [6.07, 6.45) is -11.5. The standard InChI is InChI=1S/C10H10F3N2.C8H5F5O.C7H4F2O.CH4.BF3.FH/c1-14-7-5-3-4-6-8(7)15(2)9(14)10(11,12)13;9-5-2-1-4(3-6(5)10)7(14)8(11,12)13;8-6-2-1-5(4-10)3-7(6)9;;2-1(3)4;/h3-6H,1-2H3;1-3,7,14H;1-4H;1H4;;1H/q+1;;;;;/p-1. The number of halogens is 14. The van der Waals surface area contributed by atoms with Crippen molar-refractivity contribution in [3.8, 4) is 0 Å². The zero-order chi connectivity index (χ0) is 33.3. The van der Waals surface area contributed by atoms with E-state index in [1.807, 2.05) is 0 Å². The number of alkyl halides is 6. The number of aldehydes is 1. The number of para-hydroxylation sites is 2. The fourth-order valence-electron chi connectivity index (χ4n) is 3.32. The molecule has 1 atom stereocenters. The van der Waals surface area contributed by atoms with E-state index in [1.165, 1.54) is 20.2 Å². The van der Waals surface area contributed by atoms with Crippen LogP contribution in [0.5, 0.6) is 0 Å². The number of carbonyl (C=O) groups is 1. The third-order valence-electron chi connectivity index (χ3n) is 5.14. The minimum Gasteiger partial charge on any atom is -1.00 e. The Hall–Kier alpha value is -4.16. The van der Waals surface area contributed by atoms with Crippen LogP contribution in [0.1, 0.15) is 35.3 Å². The second-order valence-corrected chi connectivity index (χ2v) is 8.08. The van der Waals surface area contributed by atoms with Gasteiger partial charge in [-0.3, -0.25) is 17.7 Å². The highest BCUT2D eigenvalue weighted by Gasteiger charge is 2.45. The van der Waals surface area contributed by atoms with Crippen LogP contribution in [0.2, 0.25) is 0 Å². The largest absolute Gasteiger partial charge is 1.00 e. The Morgan fingerprint density at radius 2 is 1.29 bits per heavy atom. The fraction of sp³-hybridized carbons (Fsp3) is 0.231. The van der Waals surface area contributed by atoms with Crippen LogP contribution in [-0.4, -0.2) is 29.7 Å². The quantitative estimate of drug-likeness (QED) is 0.143. The maximum absolute atomic E-state index is 12.7. The van der Waals surface area contributed by atoms with Gasteiger partial charge in [0, 0.05) is 5.56 Å². The molecule has 0 saturated heterocycles. The number of benzene rings is 3. The van der Waals surface area contributed by atoms with Crippen molar-refractivity contribution in [3.05, 3.63) is 101 Å². The summed E-state index contributed by atoms with van der Waals surface area (Å²) in [5.41, 5.74) is 0.565. The average Bonchev–Trinajstić information content (AvgIpc) is 3.17. The number of aliphatic hydroxyl groups excluding tert-OH is 1. The molecule has 0 saturated carbocycles. The minimum absolute atomic E-state index is 0. The molecule has 1 unspecified atom stereocenters. The predicted octanol–water partition coefficient (Wildman–Crippen LogP) is 4.88. The fourth-order valence-corrected chi connectivity index (χ4v) is 3.32. The van der Waals surface area contributed by atoms with Crippen molar-refractivity contribution in [2.45, 2.75) is 25.9 Å². The van der Waals surface area contributed by atoms with Crippen molar-refractivity contribution in [2.24, 2.45) is 14.1 Å². The number of fused-ring (bicyclic) bond motifs is 1. The van der Waals surface area contributed by atoms with E-state index in [-0.39, 0.29) is 17.7 Å². The first kappa shape index (κ1) is 43.0. The number of aromatic nitrogens is 2. The number of aliphatic hydroxyl groups is 1. The Balaban J connectivity index is 0. The molecule has 4 aromatic rings. The lowest BCUT2D eigenvalue weighted by Crippen LogP contribution is -3.00. The Morgan fingerprint density at radius 3 is 1.69 bits per heavy atom. The summed E-state index contributed by atoms with van der Waals surface area (Å²) in [7, 11) is -0.823. The summed E-state index contributed by atoms with van der Waals surface area (Å²) >= 11 is 0. The monoisotopic (exact) mass is 672 g/mol. The number of aryl methyl sites for hydroxylation is 2. The number of nitrogens with zero attached hydrogens (tertiary/aromatic N) is 2. The molecule has 4 nitrogen and oxygen atoms in total. The molecular formula is C26H23BF14N2O2. The zero-order valence-electron chi connectivity index (χ0n) is 22.0. The van der Waals surface area contributed by atoms with E-state index in [2.05, 4.69) is 0 Å². The van der Waals surface area contributed by atoms with Crippen LogP contribution in [0.4, 0.5) is 56.9 Å². The maximum atomic E-state index is 12.7. The Labute approximate surface area is 246 Å². The first-order chi connectivity index (χ1) is 19.7. The van der Waals surface area contributed by atoms with Gasteiger partial charge >= 0.3 is 25.7 Å². The van der Waals surface area contributed by atoms with E-state index in [1.54, 1.807) is 24.3 Å². The molecule has 4 rings (SSSR count). The summed E-state index contributed by atoms with van der Waals surface area (Å²) in [6, 6.07) is 11.3. The first-order valence-electron chi connectivity index (χ1n) is 11.2. The minimum atomic E-state index is -4.88. The summed E-state index contributed by atoms with van der Waals surface area (Å²) < 4.78 is 154. The molecule has 0 amide bonds. The molecule has 0 aliphatic heterocycles. The molecule has 0 radical (unpaired) electrons. The van der Waals surface area contributed by atoms with E-state index in [9.17, 15) is 61.6 Å². The maximum Gasteiger partial charge on any atom is 0.762 e. The lowest BCUT2D eigenvalue weighted by molar-refractivity contribution is -0.667. The Kier molecular flexibility index (Phi) is 17.2.